The van der Waals surface area contributed by atoms with Gasteiger partial charge in [-0.2, -0.15) is 0 Å². The van der Waals surface area contributed by atoms with E-state index in [0.717, 1.165) is 6.42 Å². The number of hydrogen-bond acceptors (Lipinski definition) is 3. The highest BCUT2D eigenvalue weighted by atomic mass is 16.5. The minimum atomic E-state index is -0.877. The third-order valence-corrected chi connectivity index (χ3v) is 3.58. The van der Waals surface area contributed by atoms with Gasteiger partial charge in [0.2, 0.25) is 5.91 Å². The number of hydrogen-bond donors (Lipinski definition) is 2. The standard InChI is InChI=1S/C15H21NO3/c1-12-4-2-3-5-13(12)6-7-14(17)16-10-15(18)8-9-19-11-15/h2-5,18H,6-11H2,1H3,(H,16,17). The Balaban J connectivity index is 1.74. The van der Waals surface area contributed by atoms with Crippen molar-refractivity contribution >= 4 is 5.91 Å². The monoisotopic (exact) mass is 263 g/mol. The van der Waals surface area contributed by atoms with Gasteiger partial charge in [0.15, 0.2) is 0 Å². The largest absolute Gasteiger partial charge is 0.386 e. The fourth-order valence-electron chi connectivity index (χ4n) is 2.23. The van der Waals surface area contributed by atoms with Crippen LogP contribution >= 0.6 is 0 Å². The molecule has 0 radical (unpaired) electrons. The van der Waals surface area contributed by atoms with E-state index in [1.54, 1.807) is 0 Å². The molecule has 4 nitrogen and oxygen atoms in total. The molecule has 1 aliphatic rings. The molecule has 19 heavy (non-hydrogen) atoms. The van der Waals surface area contributed by atoms with Gasteiger partial charge >= 0.3 is 0 Å². The molecule has 1 fully saturated rings. The predicted molar refractivity (Wildman–Crippen MR) is 72.9 cm³/mol. The Bertz CT molecular complexity index is 439. The van der Waals surface area contributed by atoms with Gasteiger partial charge in [0.1, 0.15) is 5.60 Å². The first-order valence-corrected chi connectivity index (χ1v) is 6.70. The molecule has 1 aliphatic heterocycles. The van der Waals surface area contributed by atoms with Gasteiger partial charge in [-0.15, -0.1) is 0 Å². The summed E-state index contributed by atoms with van der Waals surface area (Å²) in [5, 5.41) is 12.8. The average Bonchev–Trinajstić information content (AvgIpc) is 2.83. The van der Waals surface area contributed by atoms with Crippen LogP contribution < -0.4 is 5.32 Å². The van der Waals surface area contributed by atoms with Gasteiger partial charge in [0, 0.05) is 26.0 Å². The van der Waals surface area contributed by atoms with Crippen molar-refractivity contribution in [1.29, 1.82) is 0 Å². The van der Waals surface area contributed by atoms with E-state index < -0.39 is 5.60 Å². The molecular formula is C15H21NO3. The van der Waals surface area contributed by atoms with Crippen LogP contribution in [0.2, 0.25) is 0 Å². The summed E-state index contributed by atoms with van der Waals surface area (Å²) in [6.07, 6.45) is 1.76. The van der Waals surface area contributed by atoms with Crippen LogP contribution in [-0.4, -0.2) is 36.4 Å². The van der Waals surface area contributed by atoms with E-state index in [0.29, 0.717) is 26.1 Å². The Morgan fingerprint density at radius 2 is 2.26 bits per heavy atom. The lowest BCUT2D eigenvalue weighted by molar-refractivity contribution is -0.122. The first-order chi connectivity index (χ1) is 9.09. The van der Waals surface area contributed by atoms with Gasteiger partial charge in [-0.3, -0.25) is 4.79 Å². The van der Waals surface area contributed by atoms with E-state index in [2.05, 4.69) is 5.32 Å². The Morgan fingerprint density at radius 1 is 1.47 bits per heavy atom. The topological polar surface area (TPSA) is 58.6 Å². The molecule has 1 aromatic carbocycles. The number of carbonyl (C=O) groups excluding carboxylic acids is 1. The van der Waals surface area contributed by atoms with E-state index in [4.69, 9.17) is 4.74 Å². The van der Waals surface area contributed by atoms with Crippen LogP contribution in [0, 0.1) is 6.92 Å². The molecule has 0 saturated carbocycles. The summed E-state index contributed by atoms with van der Waals surface area (Å²) < 4.78 is 5.14. The van der Waals surface area contributed by atoms with Gasteiger partial charge in [-0.25, -0.2) is 0 Å². The van der Waals surface area contributed by atoms with Crippen molar-refractivity contribution in [1.82, 2.24) is 5.32 Å². The quantitative estimate of drug-likeness (QED) is 0.839. The highest BCUT2D eigenvalue weighted by Gasteiger charge is 2.32. The molecule has 2 N–H and O–H groups in total. The van der Waals surface area contributed by atoms with E-state index in [-0.39, 0.29) is 12.5 Å². The van der Waals surface area contributed by atoms with Crippen LogP contribution in [0.4, 0.5) is 0 Å². The van der Waals surface area contributed by atoms with Crippen molar-refractivity contribution in [2.45, 2.75) is 31.8 Å². The van der Waals surface area contributed by atoms with Crippen LogP contribution in [-0.2, 0) is 16.0 Å². The van der Waals surface area contributed by atoms with Crippen molar-refractivity contribution in [3.8, 4) is 0 Å². The van der Waals surface area contributed by atoms with E-state index in [9.17, 15) is 9.90 Å². The average molecular weight is 263 g/mol. The lowest BCUT2D eigenvalue weighted by Gasteiger charge is -2.20. The number of amides is 1. The third-order valence-electron chi connectivity index (χ3n) is 3.58. The SMILES string of the molecule is Cc1ccccc1CCC(=O)NCC1(O)CCOC1. The molecule has 1 saturated heterocycles. The van der Waals surface area contributed by atoms with Crippen LogP contribution in [0.3, 0.4) is 0 Å². The molecule has 1 unspecified atom stereocenters. The van der Waals surface area contributed by atoms with E-state index in [1.165, 1.54) is 11.1 Å². The number of nitrogens with one attached hydrogen (secondary N) is 1. The van der Waals surface area contributed by atoms with Crippen molar-refractivity contribution in [3.05, 3.63) is 35.4 Å². The van der Waals surface area contributed by atoms with Crippen LogP contribution in [0.15, 0.2) is 24.3 Å². The molecular weight excluding hydrogens is 242 g/mol. The second kappa shape index (κ2) is 6.17. The molecule has 1 aromatic rings. The number of aryl methyl sites for hydroxylation is 2. The molecule has 1 amide bonds. The Labute approximate surface area is 113 Å². The molecule has 0 spiro atoms. The lowest BCUT2D eigenvalue weighted by atomic mass is 10.0. The number of carbonyl (C=O) groups is 1. The number of benzene rings is 1. The second-order valence-electron chi connectivity index (χ2n) is 5.23. The molecule has 4 heteroatoms. The normalized spacial score (nSPS) is 22.4. The van der Waals surface area contributed by atoms with Crippen LogP contribution in [0.1, 0.15) is 24.0 Å². The van der Waals surface area contributed by atoms with Gasteiger partial charge < -0.3 is 15.2 Å². The molecule has 0 bridgehead atoms. The zero-order chi connectivity index (χ0) is 13.7. The minimum Gasteiger partial charge on any atom is -0.386 e. The molecule has 0 aliphatic carbocycles. The van der Waals surface area contributed by atoms with E-state index in [1.807, 2.05) is 31.2 Å². The fourth-order valence-corrected chi connectivity index (χ4v) is 2.23. The number of aliphatic hydroxyl groups is 1. The zero-order valence-corrected chi connectivity index (χ0v) is 11.3. The van der Waals surface area contributed by atoms with Gasteiger partial charge in [-0.1, -0.05) is 24.3 Å². The molecule has 104 valence electrons. The van der Waals surface area contributed by atoms with Crippen molar-refractivity contribution < 1.29 is 14.6 Å². The molecule has 1 atom stereocenters. The summed E-state index contributed by atoms with van der Waals surface area (Å²) in [7, 11) is 0. The summed E-state index contributed by atoms with van der Waals surface area (Å²) >= 11 is 0. The fraction of sp³-hybridized carbons (Fsp3) is 0.533. The third kappa shape index (κ3) is 4.04. The van der Waals surface area contributed by atoms with Crippen molar-refractivity contribution in [2.75, 3.05) is 19.8 Å². The summed E-state index contributed by atoms with van der Waals surface area (Å²) in [6, 6.07) is 8.07. The molecule has 2 rings (SSSR count). The maximum absolute atomic E-state index is 11.8. The molecule has 0 aromatic heterocycles. The van der Waals surface area contributed by atoms with Crippen LogP contribution in [0.5, 0.6) is 0 Å². The van der Waals surface area contributed by atoms with Gasteiger partial charge in [-0.05, 0) is 24.5 Å². The maximum Gasteiger partial charge on any atom is 0.220 e. The number of rotatable bonds is 5. The zero-order valence-electron chi connectivity index (χ0n) is 11.3. The van der Waals surface area contributed by atoms with Gasteiger partial charge in [0.25, 0.3) is 0 Å². The first kappa shape index (κ1) is 14.0. The van der Waals surface area contributed by atoms with Crippen molar-refractivity contribution in [3.63, 3.8) is 0 Å². The Hall–Kier alpha value is -1.39. The maximum atomic E-state index is 11.8. The number of ether oxygens (including phenoxy) is 1. The van der Waals surface area contributed by atoms with E-state index >= 15 is 0 Å². The summed E-state index contributed by atoms with van der Waals surface area (Å²) in [5.74, 6) is -0.0245. The van der Waals surface area contributed by atoms with Crippen molar-refractivity contribution in [2.24, 2.45) is 0 Å². The lowest BCUT2D eigenvalue weighted by Crippen LogP contribution is -2.43. The Morgan fingerprint density at radius 3 is 2.95 bits per heavy atom. The summed E-state index contributed by atoms with van der Waals surface area (Å²) in [6.45, 7) is 3.20. The summed E-state index contributed by atoms with van der Waals surface area (Å²) in [5.41, 5.74) is 1.52. The summed E-state index contributed by atoms with van der Waals surface area (Å²) in [4.78, 5) is 11.8. The predicted octanol–water partition coefficient (Wildman–Crippen LogP) is 1.20. The smallest absolute Gasteiger partial charge is 0.220 e. The van der Waals surface area contributed by atoms with Crippen LogP contribution in [0.25, 0.3) is 0 Å². The molecule has 1 heterocycles. The van der Waals surface area contributed by atoms with Gasteiger partial charge in [0.05, 0.1) is 6.61 Å². The Kier molecular flexibility index (Phi) is 4.56. The second-order valence-corrected chi connectivity index (χ2v) is 5.23. The highest BCUT2D eigenvalue weighted by molar-refractivity contribution is 5.76. The highest BCUT2D eigenvalue weighted by Crippen LogP contribution is 2.17. The first-order valence-electron chi connectivity index (χ1n) is 6.70. The minimum absolute atomic E-state index is 0.0245.